The van der Waals surface area contributed by atoms with Gasteiger partial charge in [0.05, 0.1) is 5.60 Å². The van der Waals surface area contributed by atoms with E-state index in [1.54, 1.807) is 0 Å². The molecule has 118 valence electrons. The molecule has 1 aromatic carbocycles. The highest BCUT2D eigenvalue weighted by atomic mass is 16.3. The average Bonchev–Trinajstić information content (AvgIpc) is 2.79. The molecule has 1 aliphatic rings. The predicted molar refractivity (Wildman–Crippen MR) is 86.9 cm³/mol. The topological polar surface area (TPSA) is 77.2 Å². The molecule has 1 heterocycles. The van der Waals surface area contributed by atoms with Gasteiger partial charge < -0.3 is 20.7 Å². The van der Waals surface area contributed by atoms with Crippen molar-refractivity contribution in [2.24, 2.45) is 0 Å². The normalized spacial score (nSPS) is 16.3. The zero-order chi connectivity index (χ0) is 15.6. The standard InChI is InChI=1S/C17H23N3O2/c1-12-13(14-5-2-3-6-15(14)20-12)7-10-18-16(21)19-11-17(22)8-4-9-17/h2-3,5-6,20,22H,4,7-11H2,1H3,(H2,18,19,21). The van der Waals surface area contributed by atoms with E-state index in [2.05, 4.69) is 34.7 Å². The molecule has 0 atom stereocenters. The summed E-state index contributed by atoms with van der Waals surface area (Å²) in [7, 11) is 0. The maximum absolute atomic E-state index is 11.8. The summed E-state index contributed by atoms with van der Waals surface area (Å²) in [6, 6.07) is 7.99. The lowest BCUT2D eigenvalue weighted by Crippen LogP contribution is -2.50. The fourth-order valence-electron chi connectivity index (χ4n) is 3.03. The van der Waals surface area contributed by atoms with Crippen LogP contribution in [0.2, 0.25) is 0 Å². The van der Waals surface area contributed by atoms with Gasteiger partial charge in [0.2, 0.25) is 0 Å². The van der Waals surface area contributed by atoms with Crippen LogP contribution in [-0.4, -0.2) is 34.8 Å². The van der Waals surface area contributed by atoms with Gasteiger partial charge in [-0.2, -0.15) is 0 Å². The molecule has 2 aromatic rings. The number of rotatable bonds is 5. The minimum Gasteiger partial charge on any atom is -0.388 e. The molecule has 0 bridgehead atoms. The second kappa shape index (κ2) is 6.01. The molecule has 0 saturated heterocycles. The molecular weight excluding hydrogens is 278 g/mol. The molecule has 5 heteroatoms. The first-order valence-electron chi connectivity index (χ1n) is 7.88. The highest BCUT2D eigenvalue weighted by Crippen LogP contribution is 2.30. The number of carbonyl (C=O) groups excluding carboxylic acids is 1. The number of aromatic amines is 1. The van der Waals surface area contributed by atoms with Crippen molar-refractivity contribution in [2.75, 3.05) is 13.1 Å². The van der Waals surface area contributed by atoms with Gasteiger partial charge in [-0.25, -0.2) is 4.79 Å². The van der Waals surface area contributed by atoms with Crippen molar-refractivity contribution in [1.29, 1.82) is 0 Å². The molecule has 0 radical (unpaired) electrons. The van der Waals surface area contributed by atoms with Crippen LogP contribution in [0.3, 0.4) is 0 Å². The Labute approximate surface area is 130 Å². The summed E-state index contributed by atoms with van der Waals surface area (Å²) in [5, 5.41) is 16.8. The summed E-state index contributed by atoms with van der Waals surface area (Å²) < 4.78 is 0. The lowest BCUT2D eigenvalue weighted by Gasteiger charge is -2.36. The Bertz CT molecular complexity index is 674. The Balaban J connectivity index is 1.49. The molecule has 5 nitrogen and oxygen atoms in total. The number of aliphatic hydroxyl groups is 1. The fourth-order valence-corrected chi connectivity index (χ4v) is 3.03. The van der Waals surface area contributed by atoms with Gasteiger partial charge in [-0.1, -0.05) is 18.2 Å². The molecule has 0 aliphatic heterocycles. The van der Waals surface area contributed by atoms with Crippen LogP contribution >= 0.6 is 0 Å². The summed E-state index contributed by atoms with van der Waals surface area (Å²) in [5.74, 6) is 0. The maximum atomic E-state index is 11.8. The lowest BCUT2D eigenvalue weighted by atomic mass is 9.80. The molecule has 1 fully saturated rings. The van der Waals surface area contributed by atoms with Crippen LogP contribution in [0.4, 0.5) is 4.79 Å². The van der Waals surface area contributed by atoms with Crippen LogP contribution in [0.5, 0.6) is 0 Å². The number of hydrogen-bond acceptors (Lipinski definition) is 2. The molecule has 22 heavy (non-hydrogen) atoms. The second-order valence-corrected chi connectivity index (χ2v) is 6.21. The number of benzene rings is 1. The Hall–Kier alpha value is -2.01. The zero-order valence-electron chi connectivity index (χ0n) is 12.9. The number of aryl methyl sites for hydroxylation is 1. The molecule has 3 rings (SSSR count). The van der Waals surface area contributed by atoms with Crippen LogP contribution in [0, 0.1) is 6.92 Å². The van der Waals surface area contributed by atoms with E-state index in [9.17, 15) is 9.90 Å². The number of fused-ring (bicyclic) bond motifs is 1. The largest absolute Gasteiger partial charge is 0.388 e. The van der Waals surface area contributed by atoms with Gasteiger partial charge in [0.15, 0.2) is 0 Å². The van der Waals surface area contributed by atoms with E-state index in [-0.39, 0.29) is 6.03 Å². The Morgan fingerprint density at radius 1 is 1.32 bits per heavy atom. The van der Waals surface area contributed by atoms with E-state index in [4.69, 9.17) is 0 Å². The van der Waals surface area contributed by atoms with Crippen LogP contribution in [0.1, 0.15) is 30.5 Å². The Morgan fingerprint density at radius 3 is 2.82 bits per heavy atom. The summed E-state index contributed by atoms with van der Waals surface area (Å²) in [6.45, 7) is 2.97. The minimum atomic E-state index is -0.676. The van der Waals surface area contributed by atoms with Crippen LogP contribution in [0.15, 0.2) is 24.3 Å². The number of urea groups is 1. The second-order valence-electron chi connectivity index (χ2n) is 6.21. The first-order chi connectivity index (χ1) is 10.6. The summed E-state index contributed by atoms with van der Waals surface area (Å²) in [5.41, 5.74) is 2.84. The first-order valence-corrected chi connectivity index (χ1v) is 7.88. The van der Waals surface area contributed by atoms with E-state index in [0.29, 0.717) is 13.1 Å². The minimum absolute atomic E-state index is 0.210. The number of para-hydroxylation sites is 1. The van der Waals surface area contributed by atoms with E-state index < -0.39 is 5.60 Å². The lowest BCUT2D eigenvalue weighted by molar-refractivity contribution is -0.0290. The third kappa shape index (κ3) is 3.09. The molecule has 1 aromatic heterocycles. The van der Waals surface area contributed by atoms with Crippen LogP contribution in [0.25, 0.3) is 10.9 Å². The predicted octanol–water partition coefficient (Wildman–Crippen LogP) is 2.23. The van der Waals surface area contributed by atoms with E-state index in [0.717, 1.165) is 36.9 Å². The molecule has 2 amide bonds. The quantitative estimate of drug-likeness (QED) is 0.683. The van der Waals surface area contributed by atoms with E-state index in [1.807, 2.05) is 12.1 Å². The molecule has 0 unspecified atom stereocenters. The molecular formula is C17H23N3O2. The molecule has 4 N–H and O–H groups in total. The summed E-state index contributed by atoms with van der Waals surface area (Å²) >= 11 is 0. The number of carbonyl (C=O) groups is 1. The molecule has 1 aliphatic carbocycles. The van der Waals surface area contributed by atoms with Gasteiger partial charge in [0, 0.05) is 29.7 Å². The van der Waals surface area contributed by atoms with Gasteiger partial charge in [-0.15, -0.1) is 0 Å². The average molecular weight is 301 g/mol. The van der Waals surface area contributed by atoms with Crippen LogP contribution in [-0.2, 0) is 6.42 Å². The van der Waals surface area contributed by atoms with Gasteiger partial charge in [-0.05, 0) is 44.2 Å². The van der Waals surface area contributed by atoms with Gasteiger partial charge in [0.25, 0.3) is 0 Å². The van der Waals surface area contributed by atoms with Gasteiger partial charge >= 0.3 is 6.03 Å². The van der Waals surface area contributed by atoms with Gasteiger partial charge in [-0.3, -0.25) is 0 Å². The third-order valence-corrected chi connectivity index (χ3v) is 4.55. The fraction of sp³-hybridized carbons (Fsp3) is 0.471. The molecule has 0 spiro atoms. The Kier molecular flexibility index (Phi) is 4.07. The number of hydrogen-bond donors (Lipinski definition) is 4. The van der Waals surface area contributed by atoms with E-state index in [1.165, 1.54) is 10.9 Å². The van der Waals surface area contributed by atoms with Crippen molar-refractivity contribution < 1.29 is 9.90 Å². The maximum Gasteiger partial charge on any atom is 0.314 e. The van der Waals surface area contributed by atoms with E-state index >= 15 is 0 Å². The van der Waals surface area contributed by atoms with Crippen molar-refractivity contribution in [3.8, 4) is 0 Å². The van der Waals surface area contributed by atoms with Crippen molar-refractivity contribution in [3.63, 3.8) is 0 Å². The summed E-state index contributed by atoms with van der Waals surface area (Å²) in [4.78, 5) is 15.1. The summed E-state index contributed by atoms with van der Waals surface area (Å²) in [6.07, 6.45) is 3.39. The van der Waals surface area contributed by atoms with Crippen molar-refractivity contribution in [3.05, 3.63) is 35.5 Å². The monoisotopic (exact) mass is 301 g/mol. The Morgan fingerprint density at radius 2 is 2.09 bits per heavy atom. The first kappa shape index (κ1) is 14.9. The zero-order valence-corrected chi connectivity index (χ0v) is 12.9. The van der Waals surface area contributed by atoms with Gasteiger partial charge in [0.1, 0.15) is 0 Å². The smallest absolute Gasteiger partial charge is 0.314 e. The third-order valence-electron chi connectivity index (χ3n) is 4.55. The number of nitrogens with one attached hydrogen (secondary N) is 3. The van der Waals surface area contributed by atoms with Crippen molar-refractivity contribution in [1.82, 2.24) is 15.6 Å². The number of amides is 2. The van der Waals surface area contributed by atoms with Crippen molar-refractivity contribution in [2.45, 2.75) is 38.2 Å². The molecule has 1 saturated carbocycles. The number of H-pyrrole nitrogens is 1. The highest BCUT2D eigenvalue weighted by molar-refractivity contribution is 5.84. The van der Waals surface area contributed by atoms with Crippen molar-refractivity contribution >= 4 is 16.9 Å². The SMILES string of the molecule is Cc1[nH]c2ccccc2c1CCNC(=O)NCC1(O)CCC1. The highest BCUT2D eigenvalue weighted by Gasteiger charge is 2.34. The van der Waals surface area contributed by atoms with Crippen LogP contribution < -0.4 is 10.6 Å². The number of aromatic nitrogens is 1.